The van der Waals surface area contributed by atoms with Crippen LogP contribution in [-0.2, 0) is 14.8 Å². The summed E-state index contributed by atoms with van der Waals surface area (Å²) in [5, 5.41) is 5.16. The van der Waals surface area contributed by atoms with Gasteiger partial charge in [-0.15, -0.1) is 0 Å². The summed E-state index contributed by atoms with van der Waals surface area (Å²) in [7, 11) is -0.519. The van der Waals surface area contributed by atoms with E-state index in [4.69, 9.17) is 0 Å². The second-order valence-electron chi connectivity index (χ2n) is 10.4. The van der Waals surface area contributed by atoms with Gasteiger partial charge in [0.15, 0.2) is 6.04 Å². The van der Waals surface area contributed by atoms with Gasteiger partial charge in [-0.1, -0.05) is 6.07 Å². The number of nitrogens with one attached hydrogen (secondary N) is 1. The molecule has 0 saturated heterocycles. The lowest BCUT2D eigenvalue weighted by Crippen LogP contribution is -2.98. The van der Waals surface area contributed by atoms with Crippen LogP contribution in [0.25, 0.3) is 0 Å². The van der Waals surface area contributed by atoms with E-state index in [-0.39, 0.29) is 16.8 Å². The van der Waals surface area contributed by atoms with Crippen molar-refractivity contribution in [2.24, 2.45) is 23.2 Å². The van der Waals surface area contributed by atoms with Crippen LogP contribution in [0.1, 0.15) is 52.4 Å². The van der Waals surface area contributed by atoms with Crippen molar-refractivity contribution >= 4 is 21.6 Å². The van der Waals surface area contributed by atoms with Crippen LogP contribution < -0.4 is 10.6 Å². The van der Waals surface area contributed by atoms with Crippen molar-refractivity contribution in [1.82, 2.24) is 4.31 Å². The number of carbonyl (C=O) groups is 1. The van der Waals surface area contributed by atoms with E-state index in [1.54, 1.807) is 18.2 Å². The molecule has 4 saturated carbocycles. The molecule has 3 N–H and O–H groups in total. The minimum absolute atomic E-state index is 0.0778. The number of hydrogen-bond acceptors (Lipinski definition) is 3. The van der Waals surface area contributed by atoms with Crippen LogP contribution in [0, 0.1) is 23.2 Å². The second kappa shape index (κ2) is 7.92. The fraction of sp³-hybridized carbons (Fsp3) is 0.696. The van der Waals surface area contributed by atoms with Crippen LogP contribution in [0.3, 0.4) is 0 Å². The van der Waals surface area contributed by atoms with Crippen LogP contribution in [0.2, 0.25) is 0 Å². The van der Waals surface area contributed by atoms with Gasteiger partial charge in [0.25, 0.3) is 5.91 Å². The Kier molecular flexibility index (Phi) is 5.75. The van der Waals surface area contributed by atoms with E-state index < -0.39 is 10.0 Å². The average Bonchev–Trinajstić information content (AvgIpc) is 2.66. The molecule has 1 amide bonds. The lowest BCUT2D eigenvalue weighted by Gasteiger charge is -2.58. The van der Waals surface area contributed by atoms with Gasteiger partial charge in [0.05, 0.1) is 10.9 Å². The Labute approximate surface area is 180 Å². The number of quaternary nitrogens is 1. The number of rotatable bonds is 7. The van der Waals surface area contributed by atoms with Gasteiger partial charge in [-0.2, -0.15) is 0 Å². The van der Waals surface area contributed by atoms with Gasteiger partial charge in [-0.3, -0.25) is 4.79 Å². The average molecular weight is 435 g/mol. The summed E-state index contributed by atoms with van der Waals surface area (Å²) in [6, 6.07) is 6.69. The van der Waals surface area contributed by atoms with Gasteiger partial charge in [-0.05, 0) is 88.3 Å². The Morgan fingerprint density at radius 3 is 2.20 bits per heavy atom. The number of nitrogens with zero attached hydrogens (tertiary/aromatic N) is 1. The molecule has 4 fully saturated rings. The van der Waals surface area contributed by atoms with E-state index >= 15 is 0 Å². The maximum absolute atomic E-state index is 12.9. The topological polar surface area (TPSA) is 83.1 Å². The molecule has 0 heterocycles. The van der Waals surface area contributed by atoms with Gasteiger partial charge in [-0.25, -0.2) is 12.7 Å². The molecule has 0 unspecified atom stereocenters. The first kappa shape index (κ1) is 21.8. The quantitative estimate of drug-likeness (QED) is 0.691. The molecule has 0 spiro atoms. The van der Waals surface area contributed by atoms with Crippen molar-refractivity contribution in [1.29, 1.82) is 0 Å². The highest BCUT2D eigenvalue weighted by Gasteiger charge is 2.54. The SMILES string of the molecule is C[C@H]([NH2+][C@H](C)C12CC3CC(CC(C3)C1)C2)C(=O)Nc1cccc(S(=O)(=O)N(C)C)c1. The highest BCUT2D eigenvalue weighted by atomic mass is 32.2. The fourth-order valence-corrected chi connectivity index (χ4v) is 7.61. The molecule has 2 atom stereocenters. The second-order valence-corrected chi connectivity index (χ2v) is 12.5. The zero-order valence-electron chi connectivity index (χ0n) is 18.6. The first-order valence-electron chi connectivity index (χ1n) is 11.3. The number of benzene rings is 1. The third kappa shape index (κ3) is 4.04. The third-order valence-corrected chi connectivity index (χ3v) is 9.73. The largest absolute Gasteiger partial charge is 0.334 e. The Morgan fingerprint density at radius 1 is 1.10 bits per heavy atom. The van der Waals surface area contributed by atoms with Crippen LogP contribution in [0.4, 0.5) is 5.69 Å². The summed E-state index contributed by atoms with van der Waals surface area (Å²) in [5.74, 6) is 2.62. The third-order valence-electron chi connectivity index (χ3n) is 7.92. The van der Waals surface area contributed by atoms with Crippen LogP contribution >= 0.6 is 0 Å². The Balaban J connectivity index is 1.40. The zero-order chi connectivity index (χ0) is 21.7. The Hall–Kier alpha value is -1.44. The maximum atomic E-state index is 12.9. The molecule has 7 heteroatoms. The van der Waals surface area contributed by atoms with Crippen molar-refractivity contribution in [3.05, 3.63) is 24.3 Å². The maximum Gasteiger partial charge on any atom is 0.282 e. The van der Waals surface area contributed by atoms with Crippen molar-refractivity contribution in [3.8, 4) is 0 Å². The van der Waals surface area contributed by atoms with Crippen molar-refractivity contribution in [3.63, 3.8) is 0 Å². The predicted molar refractivity (Wildman–Crippen MR) is 117 cm³/mol. The number of amides is 1. The molecule has 0 aromatic heterocycles. The molecule has 30 heavy (non-hydrogen) atoms. The fourth-order valence-electron chi connectivity index (χ4n) is 6.66. The molecular formula is C23H36N3O3S+. The molecule has 0 aliphatic heterocycles. The normalized spacial score (nSPS) is 32.2. The standard InChI is InChI=1S/C23H35N3O3S/c1-15(22(27)25-20-6-5-7-21(11-20)30(28,29)26(3)4)24-16(2)23-12-17-8-18(13-23)10-19(9-17)14-23/h5-7,11,15-19,24H,8-10,12-14H2,1-4H3,(H,25,27)/p+1/t15-,16+,17?,18?,19?,23?/m0/s1. The summed E-state index contributed by atoms with van der Waals surface area (Å²) < 4.78 is 25.9. The summed E-state index contributed by atoms with van der Waals surface area (Å²) in [6.07, 6.45) is 8.26. The molecule has 4 aliphatic carbocycles. The number of nitrogens with two attached hydrogens (primary N) is 1. The van der Waals surface area contributed by atoms with Gasteiger partial charge in [0.2, 0.25) is 10.0 Å². The molecule has 6 nitrogen and oxygen atoms in total. The van der Waals surface area contributed by atoms with Crippen molar-refractivity contribution in [2.45, 2.75) is 69.4 Å². The summed E-state index contributed by atoms with van der Waals surface area (Å²) in [4.78, 5) is 13.1. The molecule has 0 radical (unpaired) electrons. The van der Waals surface area contributed by atoms with Gasteiger partial charge in [0.1, 0.15) is 0 Å². The molecule has 4 bridgehead atoms. The van der Waals surface area contributed by atoms with Crippen molar-refractivity contribution in [2.75, 3.05) is 19.4 Å². The summed E-state index contributed by atoms with van der Waals surface area (Å²) in [5.41, 5.74) is 0.911. The number of hydrogen-bond donors (Lipinski definition) is 2. The summed E-state index contributed by atoms with van der Waals surface area (Å²) >= 11 is 0. The highest BCUT2D eigenvalue weighted by molar-refractivity contribution is 7.89. The first-order valence-corrected chi connectivity index (χ1v) is 12.7. The first-order chi connectivity index (χ1) is 14.1. The van der Waals surface area contributed by atoms with E-state index in [1.165, 1.54) is 63.0 Å². The minimum Gasteiger partial charge on any atom is -0.334 e. The van der Waals surface area contributed by atoms with Crippen LogP contribution in [0.5, 0.6) is 0 Å². The summed E-state index contributed by atoms with van der Waals surface area (Å²) in [6.45, 7) is 4.26. The van der Waals surface area contributed by atoms with Crippen LogP contribution in [-0.4, -0.2) is 44.8 Å². The zero-order valence-corrected chi connectivity index (χ0v) is 19.4. The number of sulfonamides is 1. The Morgan fingerprint density at radius 2 is 1.67 bits per heavy atom. The molecular weight excluding hydrogens is 398 g/mol. The Bertz CT molecular complexity index is 877. The lowest BCUT2D eigenvalue weighted by molar-refractivity contribution is -0.718. The van der Waals surface area contributed by atoms with Gasteiger partial charge in [0, 0.05) is 25.2 Å². The number of anilines is 1. The van der Waals surface area contributed by atoms with E-state index in [0.717, 1.165) is 17.8 Å². The molecule has 5 rings (SSSR count). The van der Waals surface area contributed by atoms with Crippen molar-refractivity contribution < 1.29 is 18.5 Å². The molecule has 1 aromatic carbocycles. The van der Waals surface area contributed by atoms with Crippen LogP contribution in [0.15, 0.2) is 29.2 Å². The van der Waals surface area contributed by atoms with Gasteiger partial charge >= 0.3 is 0 Å². The van der Waals surface area contributed by atoms with E-state index in [0.29, 0.717) is 17.1 Å². The number of carbonyl (C=O) groups excluding carboxylic acids is 1. The smallest absolute Gasteiger partial charge is 0.282 e. The molecule has 1 aromatic rings. The highest BCUT2D eigenvalue weighted by Crippen LogP contribution is 2.60. The predicted octanol–water partition coefficient (Wildman–Crippen LogP) is 2.43. The monoisotopic (exact) mass is 434 g/mol. The molecule has 166 valence electrons. The molecule has 4 aliphatic rings. The lowest BCUT2D eigenvalue weighted by atomic mass is 9.48. The van der Waals surface area contributed by atoms with E-state index in [9.17, 15) is 13.2 Å². The van der Waals surface area contributed by atoms with E-state index in [1.807, 2.05) is 6.92 Å². The van der Waals surface area contributed by atoms with E-state index in [2.05, 4.69) is 17.6 Å². The minimum atomic E-state index is -3.53. The van der Waals surface area contributed by atoms with Gasteiger partial charge < -0.3 is 10.6 Å².